The van der Waals surface area contributed by atoms with Gasteiger partial charge < -0.3 is 15.7 Å². The second-order valence-corrected chi connectivity index (χ2v) is 6.01. The third kappa shape index (κ3) is 6.17. The fourth-order valence-corrected chi connectivity index (χ4v) is 2.09. The summed E-state index contributed by atoms with van der Waals surface area (Å²) < 4.78 is 26.0. The molecule has 1 unspecified atom stereocenters. The Hall–Kier alpha value is -2.02. The summed E-state index contributed by atoms with van der Waals surface area (Å²) in [6.45, 7) is 5.48. The maximum absolute atomic E-state index is 13.0. The van der Waals surface area contributed by atoms with Crippen LogP contribution in [0.2, 0.25) is 0 Å². The summed E-state index contributed by atoms with van der Waals surface area (Å²) in [5.41, 5.74) is -0.532. The molecule has 3 N–H and O–H groups in total. The molecule has 22 heavy (non-hydrogen) atoms. The molecule has 1 atom stereocenters. The van der Waals surface area contributed by atoms with Crippen LogP contribution in [0.5, 0.6) is 0 Å². The van der Waals surface area contributed by atoms with E-state index in [2.05, 4.69) is 10.6 Å². The maximum atomic E-state index is 13.0. The Morgan fingerprint density at radius 2 is 1.73 bits per heavy atom. The summed E-state index contributed by atoms with van der Waals surface area (Å²) in [6, 6.07) is 2.48. The molecule has 5 nitrogen and oxygen atoms in total. The molecule has 0 spiro atoms. The average Bonchev–Trinajstić information content (AvgIpc) is 2.33. The van der Waals surface area contributed by atoms with Gasteiger partial charge in [0.05, 0.1) is 6.10 Å². The van der Waals surface area contributed by atoms with Crippen molar-refractivity contribution in [1.82, 2.24) is 5.32 Å². The first-order valence-electron chi connectivity index (χ1n) is 6.82. The molecule has 0 aliphatic carbocycles. The maximum Gasteiger partial charge on any atom is 0.313 e. The van der Waals surface area contributed by atoms with Gasteiger partial charge in [-0.2, -0.15) is 0 Å². The Kier molecular flexibility index (Phi) is 5.99. The molecule has 0 heterocycles. The molecule has 0 bridgehead atoms. The van der Waals surface area contributed by atoms with Crippen LogP contribution in [-0.2, 0) is 9.59 Å². The van der Waals surface area contributed by atoms with Crippen LogP contribution in [0.1, 0.15) is 27.2 Å². The lowest BCUT2D eigenvalue weighted by atomic mass is 9.87. The first kappa shape index (κ1) is 18.0. The zero-order chi connectivity index (χ0) is 16.9. The summed E-state index contributed by atoms with van der Waals surface area (Å²) in [7, 11) is 0. The lowest BCUT2D eigenvalue weighted by Gasteiger charge is -2.26. The molecular formula is C15H20F2N2O3. The normalized spacial score (nSPS) is 12.6. The van der Waals surface area contributed by atoms with Crippen LogP contribution in [0.15, 0.2) is 18.2 Å². The third-order valence-electron chi connectivity index (χ3n) is 2.90. The van der Waals surface area contributed by atoms with Gasteiger partial charge in [-0.3, -0.25) is 9.59 Å². The summed E-state index contributed by atoms with van der Waals surface area (Å²) in [6.07, 6.45) is -0.0831. The monoisotopic (exact) mass is 314 g/mol. The quantitative estimate of drug-likeness (QED) is 0.725. The molecule has 7 heteroatoms. The van der Waals surface area contributed by atoms with Gasteiger partial charge in [-0.25, -0.2) is 8.78 Å². The Labute approximate surface area is 127 Å². The topological polar surface area (TPSA) is 78.4 Å². The number of benzene rings is 1. The van der Waals surface area contributed by atoms with Crippen LogP contribution in [0.25, 0.3) is 0 Å². The molecule has 2 amide bonds. The Morgan fingerprint density at radius 3 is 2.23 bits per heavy atom. The van der Waals surface area contributed by atoms with Gasteiger partial charge in [-0.15, -0.1) is 0 Å². The highest BCUT2D eigenvalue weighted by Gasteiger charge is 2.23. The third-order valence-corrected chi connectivity index (χ3v) is 2.90. The summed E-state index contributed by atoms with van der Waals surface area (Å²) >= 11 is 0. The van der Waals surface area contributed by atoms with E-state index in [-0.39, 0.29) is 12.2 Å². The minimum atomic E-state index is -1.02. The van der Waals surface area contributed by atoms with Gasteiger partial charge in [-0.05, 0) is 30.9 Å². The fraction of sp³-hybridized carbons (Fsp3) is 0.467. The molecule has 0 saturated heterocycles. The smallest absolute Gasteiger partial charge is 0.313 e. The number of carbonyl (C=O) groups excluding carboxylic acids is 2. The highest BCUT2D eigenvalue weighted by atomic mass is 19.1. The number of hydrogen-bond donors (Lipinski definition) is 3. The second-order valence-electron chi connectivity index (χ2n) is 6.01. The van der Waals surface area contributed by atoms with Gasteiger partial charge in [0, 0.05) is 18.3 Å². The van der Waals surface area contributed by atoms with E-state index in [0.29, 0.717) is 12.5 Å². The van der Waals surface area contributed by atoms with Crippen LogP contribution in [0.4, 0.5) is 14.5 Å². The molecule has 0 saturated carbocycles. The number of hydrogen-bond acceptors (Lipinski definition) is 3. The van der Waals surface area contributed by atoms with E-state index in [4.69, 9.17) is 0 Å². The van der Waals surface area contributed by atoms with Gasteiger partial charge in [0.2, 0.25) is 0 Å². The fourth-order valence-electron chi connectivity index (χ4n) is 2.09. The van der Waals surface area contributed by atoms with E-state index >= 15 is 0 Å². The number of aliphatic hydroxyl groups is 1. The van der Waals surface area contributed by atoms with Crippen molar-refractivity contribution in [3.8, 4) is 0 Å². The van der Waals surface area contributed by atoms with E-state index in [9.17, 15) is 23.5 Å². The van der Waals surface area contributed by atoms with Crippen LogP contribution in [0.3, 0.4) is 0 Å². The van der Waals surface area contributed by atoms with Crippen LogP contribution in [-0.4, -0.2) is 29.6 Å². The highest BCUT2D eigenvalue weighted by molar-refractivity contribution is 6.39. The van der Waals surface area contributed by atoms with Gasteiger partial charge in [0.1, 0.15) is 11.6 Å². The van der Waals surface area contributed by atoms with E-state index in [1.165, 1.54) is 0 Å². The van der Waals surface area contributed by atoms with E-state index in [1.54, 1.807) is 6.92 Å². The van der Waals surface area contributed by atoms with Crippen molar-refractivity contribution in [3.05, 3.63) is 29.8 Å². The number of anilines is 1. The van der Waals surface area contributed by atoms with E-state index < -0.39 is 35.0 Å². The molecular weight excluding hydrogens is 294 g/mol. The number of carbonyl (C=O) groups is 2. The standard InChI is InChI=1S/C15H20F2N2O3/c1-9(20)7-15(2,3)8-18-13(21)14(22)19-12-5-10(16)4-11(17)6-12/h4-6,9,20H,7-8H2,1-3H3,(H,18,21)(H,19,22). The SMILES string of the molecule is CC(O)CC(C)(C)CNC(=O)C(=O)Nc1cc(F)cc(F)c1. The van der Waals surface area contributed by atoms with Gasteiger partial charge >= 0.3 is 11.8 Å². The molecule has 0 fully saturated rings. The molecule has 122 valence electrons. The van der Waals surface area contributed by atoms with Crippen molar-refractivity contribution in [2.24, 2.45) is 5.41 Å². The van der Waals surface area contributed by atoms with Crippen molar-refractivity contribution in [1.29, 1.82) is 0 Å². The van der Waals surface area contributed by atoms with Gasteiger partial charge in [0.25, 0.3) is 0 Å². The predicted molar refractivity (Wildman–Crippen MR) is 78.1 cm³/mol. The van der Waals surface area contributed by atoms with Crippen molar-refractivity contribution < 1.29 is 23.5 Å². The number of amides is 2. The Morgan fingerprint density at radius 1 is 1.18 bits per heavy atom. The summed E-state index contributed by atoms with van der Waals surface area (Å²) in [5.74, 6) is -3.64. The van der Waals surface area contributed by atoms with Crippen molar-refractivity contribution >= 4 is 17.5 Å². The summed E-state index contributed by atoms with van der Waals surface area (Å²) in [4.78, 5) is 23.3. The molecule has 1 aromatic carbocycles. The minimum Gasteiger partial charge on any atom is -0.393 e. The lowest BCUT2D eigenvalue weighted by molar-refractivity contribution is -0.136. The summed E-state index contributed by atoms with van der Waals surface area (Å²) in [5, 5.41) is 13.9. The van der Waals surface area contributed by atoms with Crippen LogP contribution >= 0.6 is 0 Å². The zero-order valence-corrected chi connectivity index (χ0v) is 12.7. The zero-order valence-electron chi connectivity index (χ0n) is 12.7. The van der Waals surface area contributed by atoms with Crippen LogP contribution in [0, 0.1) is 17.0 Å². The van der Waals surface area contributed by atoms with Crippen molar-refractivity contribution in [2.45, 2.75) is 33.3 Å². The van der Waals surface area contributed by atoms with Crippen molar-refractivity contribution in [2.75, 3.05) is 11.9 Å². The number of rotatable bonds is 5. The second kappa shape index (κ2) is 7.31. The molecule has 1 aromatic rings. The predicted octanol–water partition coefficient (Wildman–Crippen LogP) is 1.82. The number of halogens is 2. The largest absolute Gasteiger partial charge is 0.393 e. The first-order valence-corrected chi connectivity index (χ1v) is 6.82. The molecule has 0 radical (unpaired) electrons. The van der Waals surface area contributed by atoms with E-state index in [0.717, 1.165) is 12.1 Å². The molecule has 0 aliphatic rings. The first-order chi connectivity index (χ1) is 10.1. The lowest BCUT2D eigenvalue weighted by Crippen LogP contribution is -2.41. The van der Waals surface area contributed by atoms with E-state index in [1.807, 2.05) is 13.8 Å². The highest BCUT2D eigenvalue weighted by Crippen LogP contribution is 2.21. The minimum absolute atomic E-state index is 0.138. The van der Waals surface area contributed by atoms with Crippen molar-refractivity contribution in [3.63, 3.8) is 0 Å². The van der Waals surface area contributed by atoms with Crippen LogP contribution < -0.4 is 10.6 Å². The van der Waals surface area contributed by atoms with Gasteiger partial charge in [-0.1, -0.05) is 13.8 Å². The Bertz CT molecular complexity index is 539. The average molecular weight is 314 g/mol. The Balaban J connectivity index is 2.57. The molecule has 0 aromatic heterocycles. The van der Waals surface area contributed by atoms with Gasteiger partial charge in [0.15, 0.2) is 0 Å². The number of nitrogens with one attached hydrogen (secondary N) is 2. The molecule has 0 aliphatic heterocycles. The number of aliphatic hydroxyl groups excluding tert-OH is 1. The molecule has 1 rings (SSSR count).